The van der Waals surface area contributed by atoms with Gasteiger partial charge >= 0.3 is 0 Å². The second-order valence-corrected chi connectivity index (χ2v) is 8.22. The molecule has 3 fully saturated rings. The zero-order chi connectivity index (χ0) is 17.9. The molecule has 0 spiro atoms. The minimum absolute atomic E-state index is 0.336. The lowest BCUT2D eigenvalue weighted by molar-refractivity contribution is 0.190. The molecule has 0 unspecified atom stereocenters. The molecule has 136 valence electrons. The summed E-state index contributed by atoms with van der Waals surface area (Å²) in [6.07, 6.45) is 8.74. The fourth-order valence-corrected chi connectivity index (χ4v) is 4.70. The molecule has 0 amide bonds. The first-order valence-corrected chi connectivity index (χ1v) is 9.69. The van der Waals surface area contributed by atoms with Crippen LogP contribution in [0.2, 0.25) is 0 Å². The molecule has 0 saturated carbocycles. The molecule has 3 aliphatic heterocycles. The Balaban J connectivity index is 1.78. The van der Waals surface area contributed by atoms with E-state index >= 15 is 0 Å². The maximum Gasteiger partial charge on any atom is 0.119 e. The van der Waals surface area contributed by atoms with Crippen LogP contribution < -0.4 is 9.64 Å². The Morgan fingerprint density at radius 2 is 1.96 bits per heavy atom. The van der Waals surface area contributed by atoms with Crippen LogP contribution in [0.25, 0.3) is 0 Å². The number of rotatable bonds is 6. The van der Waals surface area contributed by atoms with Crippen molar-refractivity contribution < 1.29 is 4.74 Å². The van der Waals surface area contributed by atoms with Crippen LogP contribution in [0.5, 0.6) is 5.75 Å². The number of unbranched alkanes of at least 4 members (excludes halogenated alkanes) is 1. The van der Waals surface area contributed by atoms with Gasteiger partial charge in [0.15, 0.2) is 0 Å². The molecule has 4 rings (SSSR count). The monoisotopic (exact) mass is 340 g/mol. The standard InChI is InChI=1S/C22H32N2O/c1-5-7-8-13-23-15-18-14-22(3,4)21(17-23)24(16-18)19-9-11-20(12-10-19)25-6-2/h1,9-12,18,21H,6-8,13-17H2,2-4H3/t18-,21-/m1/s1. The number of hydrogen-bond donors (Lipinski definition) is 0. The van der Waals surface area contributed by atoms with Gasteiger partial charge in [-0.05, 0) is 61.9 Å². The molecule has 2 atom stereocenters. The average Bonchev–Trinajstić information content (AvgIpc) is 2.82. The quantitative estimate of drug-likeness (QED) is 0.574. The largest absolute Gasteiger partial charge is 0.494 e. The van der Waals surface area contributed by atoms with E-state index in [1.54, 1.807) is 0 Å². The van der Waals surface area contributed by atoms with Crippen molar-refractivity contribution in [3.05, 3.63) is 24.3 Å². The van der Waals surface area contributed by atoms with Gasteiger partial charge in [0.1, 0.15) is 5.75 Å². The molecule has 3 heterocycles. The zero-order valence-electron chi connectivity index (χ0n) is 16.0. The van der Waals surface area contributed by atoms with Crippen LogP contribution in [0.3, 0.4) is 0 Å². The molecule has 0 radical (unpaired) electrons. The molecule has 0 aliphatic carbocycles. The van der Waals surface area contributed by atoms with Gasteiger partial charge in [0.2, 0.25) is 0 Å². The van der Waals surface area contributed by atoms with Crippen molar-refractivity contribution in [1.82, 2.24) is 4.90 Å². The highest BCUT2D eigenvalue weighted by Crippen LogP contribution is 2.43. The highest BCUT2D eigenvalue weighted by atomic mass is 16.5. The van der Waals surface area contributed by atoms with Crippen LogP contribution >= 0.6 is 0 Å². The Labute approximate surface area is 153 Å². The summed E-state index contributed by atoms with van der Waals surface area (Å²) in [5.74, 6) is 4.47. The Kier molecular flexibility index (Phi) is 5.59. The summed E-state index contributed by atoms with van der Waals surface area (Å²) < 4.78 is 5.60. The van der Waals surface area contributed by atoms with Gasteiger partial charge in [-0.3, -0.25) is 0 Å². The first-order valence-electron chi connectivity index (χ1n) is 9.69. The normalized spacial score (nSPS) is 25.4. The molecule has 2 bridgehead atoms. The highest BCUT2D eigenvalue weighted by Gasteiger charge is 2.45. The van der Waals surface area contributed by atoms with Crippen molar-refractivity contribution in [2.45, 2.75) is 46.1 Å². The number of benzene rings is 1. The molecule has 3 nitrogen and oxygen atoms in total. The minimum Gasteiger partial charge on any atom is -0.494 e. The maximum atomic E-state index is 5.60. The van der Waals surface area contributed by atoms with Crippen molar-refractivity contribution in [2.75, 3.05) is 37.7 Å². The van der Waals surface area contributed by atoms with Gasteiger partial charge in [0, 0.05) is 37.8 Å². The van der Waals surface area contributed by atoms with Crippen LogP contribution in [-0.4, -0.2) is 43.7 Å². The number of terminal acetylenes is 1. The number of hydrogen-bond acceptors (Lipinski definition) is 3. The Hall–Kier alpha value is -1.66. The van der Waals surface area contributed by atoms with Crippen LogP contribution in [0.1, 0.15) is 40.0 Å². The first kappa shape index (κ1) is 18.1. The SMILES string of the molecule is C#CCCCN1C[C@@H]2CN(c3ccc(OCC)cc3)[C@H](C1)C(C)(C)C2. The van der Waals surface area contributed by atoms with Crippen molar-refractivity contribution in [2.24, 2.45) is 11.3 Å². The number of fused-ring (bicyclic) bond motifs is 4. The van der Waals surface area contributed by atoms with Crippen LogP contribution in [0.4, 0.5) is 5.69 Å². The van der Waals surface area contributed by atoms with Crippen molar-refractivity contribution in [3.8, 4) is 18.1 Å². The second-order valence-electron chi connectivity index (χ2n) is 8.22. The molecular formula is C22H32N2O. The van der Waals surface area contributed by atoms with Gasteiger partial charge in [0.25, 0.3) is 0 Å². The van der Waals surface area contributed by atoms with E-state index in [4.69, 9.17) is 11.2 Å². The third-order valence-corrected chi connectivity index (χ3v) is 5.77. The van der Waals surface area contributed by atoms with E-state index < -0.39 is 0 Å². The Morgan fingerprint density at radius 1 is 1.20 bits per heavy atom. The summed E-state index contributed by atoms with van der Waals surface area (Å²) in [6, 6.07) is 9.22. The summed E-state index contributed by atoms with van der Waals surface area (Å²) in [5, 5.41) is 0. The van der Waals surface area contributed by atoms with Gasteiger partial charge in [-0.25, -0.2) is 0 Å². The average molecular weight is 341 g/mol. The highest BCUT2D eigenvalue weighted by molar-refractivity contribution is 5.51. The van der Waals surface area contributed by atoms with E-state index in [2.05, 4.69) is 53.8 Å². The van der Waals surface area contributed by atoms with Gasteiger partial charge < -0.3 is 14.5 Å². The lowest BCUT2D eigenvalue weighted by Crippen LogP contribution is -2.53. The van der Waals surface area contributed by atoms with Gasteiger partial charge in [-0.2, -0.15) is 0 Å². The second kappa shape index (κ2) is 7.70. The molecule has 25 heavy (non-hydrogen) atoms. The molecule has 0 aromatic heterocycles. The maximum absolute atomic E-state index is 5.60. The van der Waals surface area contributed by atoms with Gasteiger partial charge in [-0.1, -0.05) is 13.8 Å². The number of ether oxygens (including phenoxy) is 1. The van der Waals surface area contributed by atoms with Crippen molar-refractivity contribution >= 4 is 5.69 Å². The lowest BCUT2D eigenvalue weighted by Gasteiger charge is -2.48. The third kappa shape index (κ3) is 4.12. The van der Waals surface area contributed by atoms with Crippen LogP contribution in [-0.2, 0) is 0 Å². The molecule has 3 aliphatic rings. The number of nitrogens with zero attached hydrogens (tertiary/aromatic N) is 2. The molecule has 0 N–H and O–H groups in total. The fourth-order valence-electron chi connectivity index (χ4n) is 4.70. The zero-order valence-corrected chi connectivity index (χ0v) is 16.0. The van der Waals surface area contributed by atoms with E-state index in [9.17, 15) is 0 Å². The summed E-state index contributed by atoms with van der Waals surface area (Å²) in [6.45, 7) is 12.3. The lowest BCUT2D eigenvalue weighted by atomic mass is 9.73. The fraction of sp³-hybridized carbons (Fsp3) is 0.636. The number of anilines is 1. The third-order valence-electron chi connectivity index (χ3n) is 5.77. The van der Waals surface area contributed by atoms with E-state index in [1.165, 1.54) is 18.7 Å². The smallest absolute Gasteiger partial charge is 0.119 e. The summed E-state index contributed by atoms with van der Waals surface area (Å²) in [7, 11) is 0. The van der Waals surface area contributed by atoms with Crippen molar-refractivity contribution in [1.29, 1.82) is 0 Å². The Bertz CT molecular complexity index is 601. The molecule has 1 aromatic rings. The predicted molar refractivity (Wildman–Crippen MR) is 105 cm³/mol. The molecule has 3 heteroatoms. The summed E-state index contributed by atoms with van der Waals surface area (Å²) in [4.78, 5) is 5.29. The summed E-state index contributed by atoms with van der Waals surface area (Å²) >= 11 is 0. The van der Waals surface area contributed by atoms with E-state index in [0.717, 1.165) is 44.1 Å². The van der Waals surface area contributed by atoms with E-state index in [0.29, 0.717) is 18.1 Å². The van der Waals surface area contributed by atoms with E-state index in [-0.39, 0.29) is 0 Å². The molecule has 3 saturated heterocycles. The topological polar surface area (TPSA) is 15.7 Å². The van der Waals surface area contributed by atoms with E-state index in [1.807, 2.05) is 6.92 Å². The Morgan fingerprint density at radius 3 is 2.64 bits per heavy atom. The predicted octanol–water partition coefficient (Wildman–Crippen LogP) is 4.04. The molecular weight excluding hydrogens is 308 g/mol. The first-order chi connectivity index (χ1) is 12.0. The van der Waals surface area contributed by atoms with Gasteiger partial charge in [-0.15, -0.1) is 12.3 Å². The van der Waals surface area contributed by atoms with Crippen molar-refractivity contribution in [3.63, 3.8) is 0 Å². The number of piperidine rings is 1. The minimum atomic E-state index is 0.336. The van der Waals surface area contributed by atoms with Gasteiger partial charge in [0.05, 0.1) is 6.61 Å². The van der Waals surface area contributed by atoms with Crippen LogP contribution in [0, 0.1) is 23.7 Å². The van der Waals surface area contributed by atoms with Crippen LogP contribution in [0.15, 0.2) is 24.3 Å². The molecule has 1 aromatic carbocycles. The summed E-state index contributed by atoms with van der Waals surface area (Å²) in [5.41, 5.74) is 1.67.